The zero-order chi connectivity index (χ0) is 19.3. The van der Waals surface area contributed by atoms with Crippen LogP contribution in [0.4, 0.5) is 0 Å². The third kappa shape index (κ3) is 5.15. The minimum absolute atomic E-state index is 0.00644. The lowest BCUT2D eigenvalue weighted by atomic mass is 10.2. The van der Waals surface area contributed by atoms with Gasteiger partial charge < -0.3 is 19.0 Å². The smallest absolute Gasteiger partial charge is 0.342 e. The van der Waals surface area contributed by atoms with Crippen LogP contribution in [0.3, 0.4) is 0 Å². The van der Waals surface area contributed by atoms with Crippen LogP contribution in [0, 0.1) is 0 Å². The van der Waals surface area contributed by atoms with Gasteiger partial charge in [-0.25, -0.2) is 4.79 Å². The second-order valence-electron chi connectivity index (χ2n) is 5.43. The molecule has 7 nitrogen and oxygen atoms in total. The van der Waals surface area contributed by atoms with Crippen LogP contribution in [0.25, 0.3) is 6.08 Å². The number of carboxylic acid groups (broad SMARTS) is 1. The van der Waals surface area contributed by atoms with E-state index in [0.29, 0.717) is 34.4 Å². The Morgan fingerprint density at radius 3 is 2.69 bits per heavy atom. The number of benzene rings is 1. The molecule has 0 aliphatic heterocycles. The Morgan fingerprint density at radius 1 is 1.42 bits per heavy atom. The molecule has 0 fully saturated rings. The highest BCUT2D eigenvalue weighted by molar-refractivity contribution is 8.03. The Bertz CT molecular complexity index is 819. The van der Waals surface area contributed by atoms with Gasteiger partial charge >= 0.3 is 5.97 Å². The van der Waals surface area contributed by atoms with E-state index >= 15 is 0 Å². The molecule has 0 radical (unpaired) electrons. The molecule has 0 bridgehead atoms. The minimum Gasteiger partial charge on any atom is -0.493 e. The van der Waals surface area contributed by atoms with E-state index in [1.54, 1.807) is 12.1 Å². The highest BCUT2D eigenvalue weighted by Gasteiger charge is 2.17. The van der Waals surface area contributed by atoms with E-state index in [-0.39, 0.29) is 16.2 Å². The third-order valence-electron chi connectivity index (χ3n) is 3.06. The topological polar surface area (TPSA) is 94.7 Å². The number of halogens is 1. The molecule has 1 aromatic carbocycles. The van der Waals surface area contributed by atoms with Crippen molar-refractivity contribution in [3.63, 3.8) is 0 Å². The molecule has 1 N–H and O–H groups in total. The Kier molecular flexibility index (Phi) is 6.93. The van der Waals surface area contributed by atoms with Crippen LogP contribution < -0.4 is 9.47 Å². The molecule has 2 aromatic rings. The van der Waals surface area contributed by atoms with Gasteiger partial charge in [0, 0.05) is 6.42 Å². The second-order valence-corrected chi connectivity index (χ2v) is 6.83. The molecular weight excluding hydrogens is 380 g/mol. The quantitative estimate of drug-likeness (QED) is 0.519. The van der Waals surface area contributed by atoms with Crippen molar-refractivity contribution in [2.24, 2.45) is 0 Å². The van der Waals surface area contributed by atoms with Crippen LogP contribution in [0.5, 0.6) is 11.5 Å². The van der Waals surface area contributed by atoms with Gasteiger partial charge in [-0.1, -0.05) is 18.5 Å². The van der Waals surface area contributed by atoms with Crippen molar-refractivity contribution >= 4 is 35.4 Å². The van der Waals surface area contributed by atoms with Gasteiger partial charge in [-0.3, -0.25) is 0 Å². The summed E-state index contributed by atoms with van der Waals surface area (Å²) in [6.45, 7) is 5.61. The predicted molar refractivity (Wildman–Crippen MR) is 98.9 cm³/mol. The summed E-state index contributed by atoms with van der Waals surface area (Å²) < 4.78 is 16.3. The van der Waals surface area contributed by atoms with E-state index in [2.05, 4.69) is 10.2 Å². The van der Waals surface area contributed by atoms with Gasteiger partial charge in [0.25, 0.3) is 5.22 Å². The van der Waals surface area contributed by atoms with E-state index in [9.17, 15) is 9.90 Å². The van der Waals surface area contributed by atoms with Crippen molar-refractivity contribution in [3.05, 3.63) is 33.5 Å². The Morgan fingerprint density at radius 2 is 2.15 bits per heavy atom. The molecule has 2 rings (SSSR count). The number of thioether (sulfide) groups is 1. The van der Waals surface area contributed by atoms with Crippen LogP contribution in [0.2, 0.25) is 5.02 Å². The summed E-state index contributed by atoms with van der Waals surface area (Å²) in [4.78, 5) is 11.6. The summed E-state index contributed by atoms with van der Waals surface area (Å²) in [5.74, 6) is 0.148. The molecule has 0 saturated heterocycles. The number of aliphatic carboxylic acids is 1. The summed E-state index contributed by atoms with van der Waals surface area (Å²) >= 11 is 7.14. The SMILES string of the molecule is CCc1nnc(S/C(=C/c2cc(Cl)c(OC(C)C)c(OC)c2)C(=O)O)o1. The van der Waals surface area contributed by atoms with Gasteiger partial charge in [-0.15, -0.1) is 10.2 Å². The summed E-state index contributed by atoms with van der Waals surface area (Å²) in [6.07, 6.45) is 1.94. The van der Waals surface area contributed by atoms with Crippen molar-refractivity contribution < 1.29 is 23.8 Å². The average molecular weight is 399 g/mol. The molecule has 26 heavy (non-hydrogen) atoms. The monoisotopic (exact) mass is 398 g/mol. The lowest BCUT2D eigenvalue weighted by molar-refractivity contribution is -0.131. The number of nitrogens with zero attached hydrogens (tertiary/aromatic N) is 2. The first-order valence-electron chi connectivity index (χ1n) is 7.83. The number of carbonyl (C=O) groups is 1. The van der Waals surface area contributed by atoms with Crippen molar-refractivity contribution in [1.29, 1.82) is 0 Å². The second kappa shape index (κ2) is 8.95. The average Bonchev–Trinajstić information content (AvgIpc) is 3.03. The summed E-state index contributed by atoms with van der Waals surface area (Å²) in [6, 6.07) is 3.26. The molecule has 0 atom stereocenters. The number of carboxylic acids is 1. The molecule has 140 valence electrons. The van der Waals surface area contributed by atoms with Crippen LogP contribution in [0.15, 0.2) is 26.7 Å². The molecule has 0 amide bonds. The molecule has 0 spiro atoms. The van der Waals surface area contributed by atoms with Crippen molar-refractivity contribution in [3.8, 4) is 11.5 Å². The Labute approximate surface area is 160 Å². The maximum absolute atomic E-state index is 11.6. The highest BCUT2D eigenvalue weighted by Crippen LogP contribution is 2.38. The van der Waals surface area contributed by atoms with E-state index in [1.807, 2.05) is 20.8 Å². The molecule has 0 unspecified atom stereocenters. The number of aromatic nitrogens is 2. The van der Waals surface area contributed by atoms with Gasteiger partial charge in [0.1, 0.15) is 4.91 Å². The van der Waals surface area contributed by atoms with E-state index in [1.165, 1.54) is 13.2 Å². The lowest BCUT2D eigenvalue weighted by Crippen LogP contribution is -2.07. The summed E-state index contributed by atoms with van der Waals surface area (Å²) in [7, 11) is 1.49. The standard InChI is InChI=1S/C17H19ClN2O5S/c1-5-14-19-20-17(25-14)26-13(16(21)22)8-10-6-11(18)15(24-9(2)3)12(7-10)23-4/h6-9H,5H2,1-4H3,(H,21,22)/b13-8+. The first kappa shape index (κ1) is 20.1. The molecule has 1 aromatic heterocycles. The summed E-state index contributed by atoms with van der Waals surface area (Å²) in [5.41, 5.74) is 0.545. The molecule has 9 heteroatoms. The number of methoxy groups -OCH3 is 1. The van der Waals surface area contributed by atoms with Crippen LogP contribution in [-0.4, -0.2) is 34.5 Å². The summed E-state index contributed by atoms with van der Waals surface area (Å²) in [5, 5.41) is 17.6. The lowest BCUT2D eigenvalue weighted by Gasteiger charge is -2.15. The fourth-order valence-corrected chi connectivity index (χ4v) is 2.93. The normalized spacial score (nSPS) is 11.7. The Balaban J connectivity index is 2.36. The molecule has 0 aliphatic rings. The maximum Gasteiger partial charge on any atom is 0.342 e. The number of rotatable bonds is 8. The first-order chi connectivity index (χ1) is 12.3. The zero-order valence-electron chi connectivity index (χ0n) is 14.8. The van der Waals surface area contributed by atoms with Crippen molar-refractivity contribution in [2.45, 2.75) is 38.5 Å². The number of hydrogen-bond acceptors (Lipinski definition) is 7. The van der Waals surface area contributed by atoms with Crippen LogP contribution >= 0.6 is 23.4 Å². The number of ether oxygens (including phenoxy) is 2. The van der Waals surface area contributed by atoms with E-state index in [4.69, 9.17) is 25.5 Å². The van der Waals surface area contributed by atoms with E-state index in [0.717, 1.165) is 11.8 Å². The number of aryl methyl sites for hydroxylation is 1. The molecular formula is C17H19ClN2O5S. The van der Waals surface area contributed by atoms with Gasteiger partial charge in [0.2, 0.25) is 5.89 Å². The number of hydrogen-bond donors (Lipinski definition) is 1. The molecule has 0 aliphatic carbocycles. The van der Waals surface area contributed by atoms with Gasteiger partial charge in [-0.05, 0) is 49.4 Å². The van der Waals surface area contributed by atoms with Crippen LogP contribution in [-0.2, 0) is 11.2 Å². The largest absolute Gasteiger partial charge is 0.493 e. The van der Waals surface area contributed by atoms with Gasteiger partial charge in [0.05, 0.1) is 18.2 Å². The third-order valence-corrected chi connectivity index (χ3v) is 4.19. The van der Waals surface area contributed by atoms with Crippen LogP contribution in [0.1, 0.15) is 32.2 Å². The highest BCUT2D eigenvalue weighted by atomic mass is 35.5. The van der Waals surface area contributed by atoms with Crippen molar-refractivity contribution in [1.82, 2.24) is 10.2 Å². The maximum atomic E-state index is 11.6. The molecule has 0 saturated carbocycles. The van der Waals surface area contributed by atoms with E-state index < -0.39 is 5.97 Å². The van der Waals surface area contributed by atoms with Gasteiger partial charge in [-0.2, -0.15) is 0 Å². The molecule has 1 heterocycles. The van der Waals surface area contributed by atoms with Gasteiger partial charge in [0.15, 0.2) is 11.5 Å². The first-order valence-corrected chi connectivity index (χ1v) is 9.02. The Hall–Kier alpha value is -2.19. The van der Waals surface area contributed by atoms with Crippen molar-refractivity contribution in [2.75, 3.05) is 7.11 Å². The zero-order valence-corrected chi connectivity index (χ0v) is 16.3. The predicted octanol–water partition coefficient (Wildman–Crippen LogP) is 4.30. The fraction of sp³-hybridized carbons (Fsp3) is 0.353. The minimum atomic E-state index is -1.12. The fourth-order valence-electron chi connectivity index (χ4n) is 1.98.